The second-order valence-corrected chi connectivity index (χ2v) is 10.2. The predicted octanol–water partition coefficient (Wildman–Crippen LogP) is 4.84. The van der Waals surface area contributed by atoms with Gasteiger partial charge in [-0.05, 0) is 66.4 Å². The molecule has 3 aromatic carbocycles. The number of hydrogen-bond acceptors (Lipinski definition) is 5. The average molecular weight is 551 g/mol. The number of para-hydroxylation sites is 1. The van der Waals surface area contributed by atoms with Crippen LogP contribution in [0.2, 0.25) is 0 Å². The smallest absolute Gasteiger partial charge is 0.416 e. The number of nitrogens with zero attached hydrogens (tertiary/aromatic N) is 1. The van der Waals surface area contributed by atoms with Gasteiger partial charge in [0, 0.05) is 6.54 Å². The van der Waals surface area contributed by atoms with Crippen LogP contribution in [0.15, 0.2) is 71.6 Å². The van der Waals surface area contributed by atoms with Crippen LogP contribution in [0.5, 0.6) is 11.5 Å². The van der Waals surface area contributed by atoms with Crippen LogP contribution < -0.4 is 19.1 Å². The van der Waals surface area contributed by atoms with E-state index in [1.807, 2.05) is 13.0 Å². The van der Waals surface area contributed by atoms with Gasteiger partial charge < -0.3 is 14.8 Å². The van der Waals surface area contributed by atoms with Crippen LogP contribution in [0.1, 0.15) is 23.6 Å². The minimum atomic E-state index is -4.61. The van der Waals surface area contributed by atoms with Crippen LogP contribution in [-0.4, -0.2) is 41.6 Å². The molecule has 0 bridgehead atoms. The SMILES string of the molecule is CCc1ccccc1N(CC(=O)NCCc1ccc(OC)c(OC)c1)S(=O)(=O)c1ccc(C(F)(F)F)cc1. The molecule has 0 aromatic heterocycles. The summed E-state index contributed by atoms with van der Waals surface area (Å²) in [6.45, 7) is 1.51. The minimum Gasteiger partial charge on any atom is -0.493 e. The average Bonchev–Trinajstić information content (AvgIpc) is 2.91. The number of benzene rings is 3. The highest BCUT2D eigenvalue weighted by Crippen LogP contribution is 2.32. The number of alkyl halides is 3. The zero-order chi connectivity index (χ0) is 27.9. The van der Waals surface area contributed by atoms with Crippen molar-refractivity contribution in [2.24, 2.45) is 0 Å². The van der Waals surface area contributed by atoms with Crippen LogP contribution in [0.3, 0.4) is 0 Å². The highest BCUT2D eigenvalue weighted by molar-refractivity contribution is 7.92. The minimum absolute atomic E-state index is 0.220. The lowest BCUT2D eigenvalue weighted by atomic mass is 10.1. The van der Waals surface area contributed by atoms with E-state index in [2.05, 4.69) is 5.32 Å². The molecule has 1 amide bonds. The molecule has 0 radical (unpaired) electrons. The first-order chi connectivity index (χ1) is 18.0. The topological polar surface area (TPSA) is 84.9 Å². The number of halogens is 3. The molecular weight excluding hydrogens is 521 g/mol. The van der Waals surface area contributed by atoms with Crippen molar-refractivity contribution >= 4 is 21.6 Å². The molecule has 0 unspecified atom stereocenters. The van der Waals surface area contributed by atoms with Gasteiger partial charge in [0.15, 0.2) is 11.5 Å². The lowest BCUT2D eigenvalue weighted by molar-refractivity contribution is -0.137. The van der Waals surface area contributed by atoms with Crippen molar-refractivity contribution in [3.63, 3.8) is 0 Å². The molecule has 11 heteroatoms. The molecule has 0 aliphatic heterocycles. The van der Waals surface area contributed by atoms with Gasteiger partial charge in [0.25, 0.3) is 10.0 Å². The Bertz CT molecular complexity index is 1360. The Morgan fingerprint density at radius 1 is 0.947 bits per heavy atom. The van der Waals surface area contributed by atoms with Crippen molar-refractivity contribution in [3.05, 3.63) is 83.4 Å². The highest BCUT2D eigenvalue weighted by Gasteiger charge is 2.32. The summed E-state index contributed by atoms with van der Waals surface area (Å²) < 4.78 is 77.6. The largest absolute Gasteiger partial charge is 0.493 e. The summed E-state index contributed by atoms with van der Waals surface area (Å²) in [5.74, 6) is 0.548. The maximum atomic E-state index is 13.6. The molecule has 3 rings (SSSR count). The molecule has 0 spiro atoms. The number of anilines is 1. The van der Waals surface area contributed by atoms with Crippen molar-refractivity contribution in [2.75, 3.05) is 31.6 Å². The molecule has 0 heterocycles. The van der Waals surface area contributed by atoms with E-state index in [1.54, 1.807) is 36.4 Å². The Morgan fingerprint density at radius 2 is 1.61 bits per heavy atom. The lowest BCUT2D eigenvalue weighted by Gasteiger charge is -2.26. The zero-order valence-corrected chi connectivity index (χ0v) is 22.0. The molecule has 0 fully saturated rings. The van der Waals surface area contributed by atoms with Gasteiger partial charge in [0.05, 0.1) is 30.4 Å². The van der Waals surface area contributed by atoms with Crippen molar-refractivity contribution in [1.82, 2.24) is 5.32 Å². The molecular formula is C27H29F3N2O5S. The van der Waals surface area contributed by atoms with E-state index in [9.17, 15) is 26.4 Å². The van der Waals surface area contributed by atoms with E-state index in [-0.39, 0.29) is 17.1 Å². The molecule has 0 atom stereocenters. The third kappa shape index (κ3) is 6.77. The van der Waals surface area contributed by atoms with Gasteiger partial charge in [-0.1, -0.05) is 31.2 Å². The fourth-order valence-corrected chi connectivity index (χ4v) is 5.32. The number of hydrogen-bond donors (Lipinski definition) is 1. The van der Waals surface area contributed by atoms with E-state index in [4.69, 9.17) is 9.47 Å². The van der Waals surface area contributed by atoms with Gasteiger partial charge in [-0.3, -0.25) is 9.10 Å². The maximum absolute atomic E-state index is 13.6. The van der Waals surface area contributed by atoms with Gasteiger partial charge >= 0.3 is 6.18 Å². The molecule has 0 aliphatic carbocycles. The van der Waals surface area contributed by atoms with Crippen molar-refractivity contribution in [3.8, 4) is 11.5 Å². The Hall–Kier alpha value is -3.73. The fraction of sp³-hybridized carbons (Fsp3) is 0.296. The van der Waals surface area contributed by atoms with E-state index in [1.165, 1.54) is 14.2 Å². The van der Waals surface area contributed by atoms with E-state index >= 15 is 0 Å². The normalized spacial score (nSPS) is 11.6. The molecule has 204 valence electrons. The molecule has 0 aliphatic rings. The summed E-state index contributed by atoms with van der Waals surface area (Å²) in [5.41, 5.74) is 0.851. The van der Waals surface area contributed by atoms with Gasteiger partial charge in [0.2, 0.25) is 5.91 Å². The Morgan fingerprint density at radius 3 is 2.21 bits per heavy atom. The standard InChI is InChI=1S/C27H29F3N2O5S/c1-4-20-7-5-6-8-23(20)32(38(34,35)22-12-10-21(11-13-22)27(28,29)30)18-26(33)31-16-15-19-9-14-24(36-2)25(17-19)37-3/h5-14,17H,4,15-16,18H2,1-3H3,(H,31,33). The van der Waals surface area contributed by atoms with Gasteiger partial charge in [-0.15, -0.1) is 0 Å². The molecule has 0 saturated carbocycles. The third-order valence-electron chi connectivity index (χ3n) is 5.88. The molecule has 0 saturated heterocycles. The highest BCUT2D eigenvalue weighted by atomic mass is 32.2. The van der Waals surface area contributed by atoms with Gasteiger partial charge in [0.1, 0.15) is 6.54 Å². The lowest BCUT2D eigenvalue weighted by Crippen LogP contribution is -2.41. The summed E-state index contributed by atoms with van der Waals surface area (Å²) in [5, 5.41) is 2.72. The number of amides is 1. The maximum Gasteiger partial charge on any atom is 0.416 e. The summed E-state index contributed by atoms with van der Waals surface area (Å²) >= 11 is 0. The van der Waals surface area contributed by atoms with E-state index in [0.29, 0.717) is 42.0 Å². The van der Waals surface area contributed by atoms with Crippen LogP contribution in [-0.2, 0) is 33.8 Å². The quantitative estimate of drug-likeness (QED) is 0.370. The summed E-state index contributed by atoms with van der Waals surface area (Å²) in [7, 11) is -1.32. The predicted molar refractivity (Wildman–Crippen MR) is 138 cm³/mol. The number of carbonyl (C=O) groups is 1. The number of sulfonamides is 1. The van der Waals surface area contributed by atoms with Crippen LogP contribution >= 0.6 is 0 Å². The molecule has 1 N–H and O–H groups in total. The summed E-state index contributed by atoms with van der Waals surface area (Å²) in [4.78, 5) is 12.5. The van der Waals surface area contributed by atoms with Gasteiger partial charge in [-0.25, -0.2) is 8.42 Å². The van der Waals surface area contributed by atoms with Crippen LogP contribution in [0.4, 0.5) is 18.9 Å². The number of nitrogens with one attached hydrogen (secondary N) is 1. The van der Waals surface area contributed by atoms with Crippen molar-refractivity contribution < 1.29 is 35.9 Å². The Balaban J connectivity index is 1.82. The fourth-order valence-electron chi connectivity index (χ4n) is 3.86. The zero-order valence-electron chi connectivity index (χ0n) is 21.2. The molecule has 38 heavy (non-hydrogen) atoms. The van der Waals surface area contributed by atoms with Crippen LogP contribution in [0.25, 0.3) is 0 Å². The number of aryl methyl sites for hydroxylation is 1. The molecule has 7 nitrogen and oxygen atoms in total. The van der Waals surface area contributed by atoms with Gasteiger partial charge in [-0.2, -0.15) is 13.2 Å². The molecule has 3 aromatic rings. The first-order valence-electron chi connectivity index (χ1n) is 11.8. The number of rotatable bonds is 11. The first kappa shape index (κ1) is 28.8. The number of carbonyl (C=O) groups excluding carboxylic acids is 1. The summed E-state index contributed by atoms with van der Waals surface area (Å²) in [6.07, 6.45) is -3.68. The summed E-state index contributed by atoms with van der Waals surface area (Å²) in [6, 6.07) is 15.2. The van der Waals surface area contributed by atoms with E-state index in [0.717, 1.165) is 22.0 Å². The second kappa shape index (κ2) is 12.2. The number of methoxy groups -OCH3 is 2. The Labute approximate surface area is 220 Å². The second-order valence-electron chi connectivity index (χ2n) is 8.31. The third-order valence-corrected chi connectivity index (χ3v) is 7.66. The van der Waals surface area contributed by atoms with E-state index < -0.39 is 34.2 Å². The monoisotopic (exact) mass is 550 g/mol. The Kier molecular flexibility index (Phi) is 9.26. The van der Waals surface area contributed by atoms with Crippen molar-refractivity contribution in [1.29, 1.82) is 0 Å². The van der Waals surface area contributed by atoms with Crippen molar-refractivity contribution in [2.45, 2.75) is 30.8 Å². The van der Waals surface area contributed by atoms with Crippen LogP contribution in [0, 0.1) is 0 Å². The number of ether oxygens (including phenoxy) is 2. The first-order valence-corrected chi connectivity index (χ1v) is 13.2.